The zero-order chi connectivity index (χ0) is 19.9. The lowest BCUT2D eigenvalue weighted by molar-refractivity contribution is -0.144. The largest absolute Gasteiger partial charge is 0.495 e. The molecule has 1 aliphatic heterocycles. The molecule has 0 spiro atoms. The molecule has 0 bridgehead atoms. The second-order valence-corrected chi connectivity index (χ2v) is 7.06. The van der Waals surface area contributed by atoms with Crippen molar-refractivity contribution in [1.29, 1.82) is 0 Å². The van der Waals surface area contributed by atoms with Crippen LogP contribution in [0.2, 0.25) is 0 Å². The summed E-state index contributed by atoms with van der Waals surface area (Å²) in [5.41, 5.74) is 1.51. The van der Waals surface area contributed by atoms with Gasteiger partial charge in [0.05, 0.1) is 18.6 Å². The van der Waals surface area contributed by atoms with Gasteiger partial charge in [0.1, 0.15) is 19.0 Å². The van der Waals surface area contributed by atoms with Crippen LogP contribution in [0.3, 0.4) is 0 Å². The number of hydrogen-bond donors (Lipinski definition) is 1. The van der Waals surface area contributed by atoms with Crippen LogP contribution in [0.4, 0.5) is 5.69 Å². The summed E-state index contributed by atoms with van der Waals surface area (Å²) in [6.45, 7) is 2.58. The van der Waals surface area contributed by atoms with Gasteiger partial charge < -0.3 is 24.3 Å². The van der Waals surface area contributed by atoms with Crippen molar-refractivity contribution in [1.82, 2.24) is 0 Å². The lowest BCUT2D eigenvalue weighted by Crippen LogP contribution is -2.22. The Morgan fingerprint density at radius 2 is 1.89 bits per heavy atom. The van der Waals surface area contributed by atoms with E-state index in [4.69, 9.17) is 18.9 Å². The van der Waals surface area contributed by atoms with E-state index in [1.54, 1.807) is 12.1 Å². The SMILES string of the molecule is COc1ccc(C)cc1NC(=O)COC(=O)CSc1ccc2c(c1)OCCO2. The van der Waals surface area contributed by atoms with E-state index in [0.717, 1.165) is 10.5 Å². The molecule has 0 radical (unpaired) electrons. The van der Waals surface area contributed by atoms with Gasteiger partial charge in [-0.1, -0.05) is 6.07 Å². The molecule has 7 nitrogen and oxygen atoms in total. The molecule has 0 saturated heterocycles. The van der Waals surface area contributed by atoms with Gasteiger partial charge in [0, 0.05) is 4.90 Å². The minimum Gasteiger partial charge on any atom is -0.495 e. The van der Waals surface area contributed by atoms with Crippen LogP contribution in [0.15, 0.2) is 41.3 Å². The maximum Gasteiger partial charge on any atom is 0.316 e. The molecule has 148 valence electrons. The fourth-order valence-electron chi connectivity index (χ4n) is 2.55. The van der Waals surface area contributed by atoms with E-state index >= 15 is 0 Å². The van der Waals surface area contributed by atoms with Gasteiger partial charge in [-0.15, -0.1) is 11.8 Å². The smallest absolute Gasteiger partial charge is 0.316 e. The molecule has 0 unspecified atom stereocenters. The van der Waals surface area contributed by atoms with Crippen LogP contribution in [-0.2, 0) is 14.3 Å². The van der Waals surface area contributed by atoms with Gasteiger partial charge in [0.15, 0.2) is 18.1 Å². The van der Waals surface area contributed by atoms with Crippen molar-refractivity contribution >= 4 is 29.3 Å². The number of anilines is 1. The molecule has 1 N–H and O–H groups in total. The Labute approximate surface area is 167 Å². The molecule has 0 aliphatic carbocycles. The van der Waals surface area contributed by atoms with Crippen molar-refractivity contribution in [3.05, 3.63) is 42.0 Å². The third-order valence-electron chi connectivity index (χ3n) is 3.86. The monoisotopic (exact) mass is 403 g/mol. The van der Waals surface area contributed by atoms with E-state index in [2.05, 4.69) is 5.32 Å². The predicted octanol–water partition coefficient (Wildman–Crippen LogP) is 3.05. The summed E-state index contributed by atoms with van der Waals surface area (Å²) in [6, 6.07) is 10.9. The van der Waals surface area contributed by atoms with E-state index in [9.17, 15) is 9.59 Å². The van der Waals surface area contributed by atoms with Crippen LogP contribution in [0.25, 0.3) is 0 Å². The summed E-state index contributed by atoms with van der Waals surface area (Å²) < 4.78 is 21.2. The normalized spacial score (nSPS) is 12.2. The van der Waals surface area contributed by atoms with Gasteiger partial charge in [-0.2, -0.15) is 0 Å². The number of carbonyl (C=O) groups is 2. The molecule has 0 aromatic heterocycles. The minimum atomic E-state index is -0.480. The fraction of sp³-hybridized carbons (Fsp3) is 0.300. The Hall–Kier alpha value is -2.87. The summed E-state index contributed by atoms with van der Waals surface area (Å²) >= 11 is 1.30. The standard InChI is InChI=1S/C20H21NO6S/c1-13-3-5-16(24-2)15(9-13)21-19(22)11-27-20(23)12-28-14-4-6-17-18(10-14)26-8-7-25-17/h3-6,9-10H,7-8,11-12H2,1-2H3,(H,21,22). The quantitative estimate of drug-likeness (QED) is 0.562. The summed E-state index contributed by atoms with van der Waals surface area (Å²) in [4.78, 5) is 24.8. The topological polar surface area (TPSA) is 83.1 Å². The summed E-state index contributed by atoms with van der Waals surface area (Å²) in [5, 5.41) is 2.69. The highest BCUT2D eigenvalue weighted by molar-refractivity contribution is 8.00. The van der Waals surface area contributed by atoms with Gasteiger partial charge >= 0.3 is 5.97 Å². The molecule has 2 aromatic rings. The van der Waals surface area contributed by atoms with E-state index in [1.807, 2.05) is 31.2 Å². The zero-order valence-corrected chi connectivity index (χ0v) is 16.5. The number of carbonyl (C=O) groups excluding carboxylic acids is 2. The summed E-state index contributed by atoms with van der Waals surface area (Å²) in [5.74, 6) is 1.07. The summed E-state index contributed by atoms with van der Waals surface area (Å²) in [7, 11) is 1.52. The fourth-order valence-corrected chi connectivity index (χ4v) is 3.27. The number of fused-ring (bicyclic) bond motifs is 1. The number of methoxy groups -OCH3 is 1. The highest BCUT2D eigenvalue weighted by atomic mass is 32.2. The molecule has 0 atom stereocenters. The minimum absolute atomic E-state index is 0.0840. The first kappa shape index (κ1) is 19.9. The molecule has 1 heterocycles. The number of rotatable bonds is 7. The van der Waals surface area contributed by atoms with Crippen molar-refractivity contribution in [2.24, 2.45) is 0 Å². The number of amides is 1. The molecule has 28 heavy (non-hydrogen) atoms. The van der Waals surface area contributed by atoms with E-state index in [-0.39, 0.29) is 12.4 Å². The van der Waals surface area contributed by atoms with E-state index in [0.29, 0.717) is 36.1 Å². The molecular weight excluding hydrogens is 382 g/mol. The Morgan fingerprint density at radius 3 is 2.68 bits per heavy atom. The average molecular weight is 403 g/mol. The molecule has 0 fully saturated rings. The van der Waals surface area contributed by atoms with Crippen LogP contribution in [0.1, 0.15) is 5.56 Å². The molecule has 0 saturated carbocycles. The predicted molar refractivity (Wildman–Crippen MR) is 105 cm³/mol. The Kier molecular flexibility index (Phi) is 6.65. The lowest BCUT2D eigenvalue weighted by Gasteiger charge is -2.18. The molecule has 8 heteroatoms. The van der Waals surface area contributed by atoms with Crippen LogP contribution < -0.4 is 19.5 Å². The maximum atomic E-state index is 12.0. The Bertz CT molecular complexity index is 870. The molecule has 3 rings (SSSR count). The zero-order valence-electron chi connectivity index (χ0n) is 15.7. The van der Waals surface area contributed by atoms with Crippen LogP contribution in [-0.4, -0.2) is 44.6 Å². The number of benzene rings is 2. The van der Waals surface area contributed by atoms with Gasteiger partial charge in [-0.25, -0.2) is 0 Å². The van der Waals surface area contributed by atoms with Crippen LogP contribution >= 0.6 is 11.8 Å². The van der Waals surface area contributed by atoms with Gasteiger partial charge in [-0.05, 0) is 42.8 Å². The first-order valence-corrected chi connectivity index (χ1v) is 9.66. The second kappa shape index (κ2) is 9.36. The second-order valence-electron chi connectivity index (χ2n) is 6.01. The third-order valence-corrected chi connectivity index (χ3v) is 4.83. The molecular formula is C20H21NO6S. The van der Waals surface area contributed by atoms with Gasteiger partial charge in [0.25, 0.3) is 5.91 Å². The number of ether oxygens (including phenoxy) is 4. The number of aryl methyl sites for hydroxylation is 1. The summed E-state index contributed by atoms with van der Waals surface area (Å²) in [6.07, 6.45) is 0. The van der Waals surface area contributed by atoms with E-state index < -0.39 is 11.9 Å². The van der Waals surface area contributed by atoms with Gasteiger partial charge in [-0.3, -0.25) is 9.59 Å². The van der Waals surface area contributed by atoms with E-state index in [1.165, 1.54) is 18.9 Å². The first-order chi connectivity index (χ1) is 13.5. The third kappa shape index (κ3) is 5.32. The van der Waals surface area contributed by atoms with Crippen LogP contribution in [0.5, 0.6) is 17.2 Å². The van der Waals surface area contributed by atoms with Crippen molar-refractivity contribution in [2.75, 3.05) is 38.0 Å². The number of esters is 1. The average Bonchev–Trinajstić information content (AvgIpc) is 2.70. The molecule has 1 amide bonds. The Balaban J connectivity index is 1.45. The van der Waals surface area contributed by atoms with Crippen LogP contribution in [0, 0.1) is 6.92 Å². The highest BCUT2D eigenvalue weighted by Gasteiger charge is 2.14. The van der Waals surface area contributed by atoms with Crippen molar-refractivity contribution in [2.45, 2.75) is 11.8 Å². The molecule has 1 aliphatic rings. The Morgan fingerprint density at radius 1 is 1.11 bits per heavy atom. The van der Waals surface area contributed by atoms with Crippen molar-refractivity contribution < 1.29 is 28.5 Å². The number of hydrogen-bond acceptors (Lipinski definition) is 7. The number of thioether (sulfide) groups is 1. The number of nitrogens with one attached hydrogen (secondary N) is 1. The van der Waals surface area contributed by atoms with Gasteiger partial charge in [0.2, 0.25) is 0 Å². The van der Waals surface area contributed by atoms with Crippen molar-refractivity contribution in [3.63, 3.8) is 0 Å². The van der Waals surface area contributed by atoms with Crippen molar-refractivity contribution in [3.8, 4) is 17.2 Å². The molecule has 2 aromatic carbocycles. The highest BCUT2D eigenvalue weighted by Crippen LogP contribution is 2.34. The first-order valence-electron chi connectivity index (χ1n) is 8.67. The maximum absolute atomic E-state index is 12.0. The lowest BCUT2D eigenvalue weighted by atomic mass is 10.2.